The van der Waals surface area contributed by atoms with E-state index in [1.165, 1.54) is 11.1 Å². The summed E-state index contributed by atoms with van der Waals surface area (Å²) in [4.78, 5) is 10.7. The maximum absolute atomic E-state index is 6.38. The summed E-state index contributed by atoms with van der Waals surface area (Å²) in [5.74, 6) is 0. The van der Waals surface area contributed by atoms with Crippen molar-refractivity contribution in [2.24, 2.45) is 5.41 Å². The van der Waals surface area contributed by atoms with Crippen molar-refractivity contribution in [1.82, 2.24) is 9.97 Å². The molecule has 2 heterocycles. The van der Waals surface area contributed by atoms with E-state index in [2.05, 4.69) is 133 Å². The van der Waals surface area contributed by atoms with E-state index in [9.17, 15) is 0 Å². The zero-order valence-electron chi connectivity index (χ0n) is 26.2. The van der Waals surface area contributed by atoms with Crippen LogP contribution in [0.2, 0.25) is 0 Å². The van der Waals surface area contributed by atoms with Crippen LogP contribution in [-0.2, 0) is 10.8 Å². The Balaban J connectivity index is 1.55. The van der Waals surface area contributed by atoms with Gasteiger partial charge in [0.15, 0.2) is 0 Å². The molecule has 0 bridgehead atoms. The van der Waals surface area contributed by atoms with Gasteiger partial charge in [-0.2, -0.15) is 0 Å². The summed E-state index contributed by atoms with van der Waals surface area (Å²) in [7, 11) is 0. The first kappa shape index (κ1) is 26.8. The van der Waals surface area contributed by atoms with E-state index in [1.54, 1.807) is 0 Å². The van der Waals surface area contributed by atoms with Crippen molar-refractivity contribution in [2.45, 2.75) is 52.4 Å². The van der Waals surface area contributed by atoms with Gasteiger partial charge in [-0.05, 0) is 74.9 Å². The Morgan fingerprint density at radius 1 is 0.500 bits per heavy atom. The van der Waals surface area contributed by atoms with Gasteiger partial charge in [-0.1, -0.05) is 114 Å². The molecule has 0 spiro atoms. The van der Waals surface area contributed by atoms with Crippen LogP contribution in [0.25, 0.3) is 66.6 Å². The predicted molar refractivity (Wildman–Crippen MR) is 183 cm³/mol. The molecule has 7 aromatic rings. The van der Waals surface area contributed by atoms with Gasteiger partial charge in [0.1, 0.15) is 11.2 Å². The van der Waals surface area contributed by atoms with E-state index in [0.717, 1.165) is 66.6 Å². The zero-order valence-corrected chi connectivity index (χ0v) is 26.2. The van der Waals surface area contributed by atoms with Gasteiger partial charge in [-0.3, -0.25) is 0 Å². The van der Waals surface area contributed by atoms with Crippen molar-refractivity contribution in [3.8, 4) is 33.6 Å². The Morgan fingerprint density at radius 3 is 1.77 bits per heavy atom. The third-order valence-corrected chi connectivity index (χ3v) is 11.2. The second kappa shape index (κ2) is 9.12. The molecule has 0 saturated carbocycles. The number of aromatic nitrogens is 2. The minimum absolute atomic E-state index is 0.0178. The summed E-state index contributed by atoms with van der Waals surface area (Å²) < 4.78 is 6.38. The topological polar surface area (TPSA) is 38.9 Å². The number of furan rings is 1. The maximum atomic E-state index is 6.38. The van der Waals surface area contributed by atoms with Crippen LogP contribution in [0.15, 0.2) is 114 Å². The lowest BCUT2D eigenvalue weighted by Crippen LogP contribution is -2.42. The number of hydrogen-bond donors (Lipinski definition) is 0. The predicted octanol–water partition coefficient (Wildman–Crippen LogP) is 11.1. The molecule has 0 aliphatic heterocycles. The highest BCUT2D eigenvalue weighted by molar-refractivity contribution is 6.14. The van der Waals surface area contributed by atoms with Crippen LogP contribution in [0.4, 0.5) is 0 Å². The first-order chi connectivity index (χ1) is 21.1. The highest BCUT2D eigenvalue weighted by Gasteiger charge is 2.57. The average molecular weight is 573 g/mol. The molecule has 0 N–H and O–H groups in total. The minimum Gasteiger partial charge on any atom is -0.456 e. The zero-order chi connectivity index (χ0) is 30.4. The fraction of sp³-hybridized carbons (Fsp3) is 0.220. The molecule has 0 saturated heterocycles. The van der Waals surface area contributed by atoms with Gasteiger partial charge in [-0.15, -0.1) is 0 Å². The Morgan fingerprint density at radius 2 is 1.07 bits per heavy atom. The van der Waals surface area contributed by atoms with Crippen LogP contribution in [-0.4, -0.2) is 9.97 Å². The van der Waals surface area contributed by atoms with Gasteiger partial charge in [-0.25, -0.2) is 9.97 Å². The molecule has 0 amide bonds. The third kappa shape index (κ3) is 3.56. The molecular weight excluding hydrogens is 536 g/mol. The van der Waals surface area contributed by atoms with Crippen LogP contribution in [0, 0.1) is 5.41 Å². The molecule has 0 radical (unpaired) electrons. The van der Waals surface area contributed by atoms with E-state index >= 15 is 0 Å². The highest BCUT2D eigenvalue weighted by atomic mass is 16.3. The van der Waals surface area contributed by atoms with Crippen LogP contribution in [0.5, 0.6) is 0 Å². The Kier molecular flexibility index (Phi) is 5.56. The molecule has 3 heteroatoms. The van der Waals surface area contributed by atoms with E-state index in [4.69, 9.17) is 14.4 Å². The lowest BCUT2D eigenvalue weighted by Gasteiger charge is -2.44. The number of rotatable bonds is 3. The van der Waals surface area contributed by atoms with Gasteiger partial charge in [0.2, 0.25) is 0 Å². The maximum Gasteiger partial charge on any atom is 0.136 e. The summed E-state index contributed by atoms with van der Waals surface area (Å²) in [5.41, 5.74) is 12.5. The normalized spacial score (nSPS) is 16.5. The summed E-state index contributed by atoms with van der Waals surface area (Å²) >= 11 is 0. The van der Waals surface area contributed by atoms with Crippen molar-refractivity contribution in [3.63, 3.8) is 0 Å². The van der Waals surface area contributed by atoms with Crippen LogP contribution >= 0.6 is 0 Å². The second-order valence-electron chi connectivity index (χ2n) is 13.9. The molecule has 3 nitrogen and oxygen atoms in total. The molecule has 0 atom stereocenters. The molecule has 0 unspecified atom stereocenters. The minimum atomic E-state index is -0.0648. The van der Waals surface area contributed by atoms with Crippen molar-refractivity contribution in [3.05, 3.63) is 120 Å². The summed E-state index contributed by atoms with van der Waals surface area (Å²) in [5, 5.41) is 2.26. The Labute approximate surface area is 258 Å². The standard InChI is InChI=1S/C41H36N2O/c1-39(2)30-23-28(26-18-14-22-35-36(26)27-17-10-13-21-34(27)44-35)29(24-31(30)40(3,4)41(39,5)6)38-37(25-15-8-7-9-16-25)42-32-19-11-12-20-33(32)43-38/h7-24H,1-6H3. The van der Waals surface area contributed by atoms with Crippen LogP contribution < -0.4 is 0 Å². The molecule has 2 aromatic heterocycles. The Bertz CT molecular complexity index is 2250. The quantitative estimate of drug-likeness (QED) is 0.211. The molecule has 1 aliphatic rings. The monoisotopic (exact) mass is 572 g/mol. The first-order valence-electron chi connectivity index (χ1n) is 15.5. The van der Waals surface area contributed by atoms with Crippen LogP contribution in [0.3, 0.4) is 0 Å². The highest BCUT2D eigenvalue weighted by Crippen LogP contribution is 2.63. The van der Waals surface area contributed by atoms with Crippen molar-refractivity contribution >= 4 is 33.0 Å². The molecule has 1 aliphatic carbocycles. The van der Waals surface area contributed by atoms with E-state index in [1.807, 2.05) is 18.2 Å². The SMILES string of the molecule is CC1(C)c2cc(-c3nc4ccccc4nc3-c3ccccc3)c(-c3cccc4oc5ccccc5c34)cc2C(C)(C)C1(C)C. The number of benzene rings is 5. The van der Waals surface area contributed by atoms with Gasteiger partial charge in [0.05, 0.1) is 22.4 Å². The fourth-order valence-corrected chi connectivity index (χ4v) is 7.49. The molecule has 216 valence electrons. The largest absolute Gasteiger partial charge is 0.456 e. The van der Waals surface area contributed by atoms with E-state index < -0.39 is 0 Å². The lowest BCUT2D eigenvalue weighted by atomic mass is 9.59. The fourth-order valence-electron chi connectivity index (χ4n) is 7.49. The Hall–Kier alpha value is -4.76. The third-order valence-electron chi connectivity index (χ3n) is 11.2. The molecular formula is C41H36N2O. The lowest BCUT2D eigenvalue weighted by molar-refractivity contribution is 0.125. The number of nitrogens with zero attached hydrogens (tertiary/aromatic N) is 2. The number of para-hydroxylation sites is 3. The summed E-state index contributed by atoms with van der Waals surface area (Å²) in [6.45, 7) is 14.5. The van der Waals surface area contributed by atoms with Gasteiger partial charge >= 0.3 is 0 Å². The average Bonchev–Trinajstić information content (AvgIpc) is 3.46. The van der Waals surface area contributed by atoms with Gasteiger partial charge < -0.3 is 4.42 Å². The summed E-state index contributed by atoms with van der Waals surface area (Å²) in [6.07, 6.45) is 0. The van der Waals surface area contributed by atoms with Gasteiger partial charge in [0, 0.05) is 21.9 Å². The number of hydrogen-bond acceptors (Lipinski definition) is 3. The first-order valence-corrected chi connectivity index (χ1v) is 15.5. The molecule has 5 aromatic carbocycles. The summed E-state index contributed by atoms with van der Waals surface area (Å²) in [6, 6.07) is 38.3. The smallest absolute Gasteiger partial charge is 0.136 e. The molecule has 0 fully saturated rings. The number of fused-ring (bicyclic) bond motifs is 5. The van der Waals surface area contributed by atoms with Crippen molar-refractivity contribution < 1.29 is 4.42 Å². The van der Waals surface area contributed by atoms with E-state index in [-0.39, 0.29) is 16.2 Å². The molecule has 44 heavy (non-hydrogen) atoms. The van der Waals surface area contributed by atoms with Crippen LogP contribution in [0.1, 0.15) is 52.7 Å². The van der Waals surface area contributed by atoms with Gasteiger partial charge in [0.25, 0.3) is 0 Å². The van der Waals surface area contributed by atoms with E-state index in [0.29, 0.717) is 0 Å². The second-order valence-corrected chi connectivity index (χ2v) is 13.9. The van der Waals surface area contributed by atoms with Crippen molar-refractivity contribution in [1.29, 1.82) is 0 Å². The molecule has 8 rings (SSSR count). The van der Waals surface area contributed by atoms with Crippen molar-refractivity contribution in [2.75, 3.05) is 0 Å².